The van der Waals surface area contributed by atoms with Gasteiger partial charge in [0.05, 0.1) is 19.3 Å². The second-order valence-electron chi connectivity index (χ2n) is 4.12. The lowest BCUT2D eigenvalue weighted by molar-refractivity contribution is -0.140. The van der Waals surface area contributed by atoms with E-state index in [1.807, 2.05) is 32.0 Å². The van der Waals surface area contributed by atoms with Crippen LogP contribution in [0.25, 0.3) is 0 Å². The lowest BCUT2D eigenvalue weighted by Crippen LogP contribution is -2.07. The second kappa shape index (κ2) is 7.21. The van der Waals surface area contributed by atoms with Gasteiger partial charge in [0.1, 0.15) is 0 Å². The minimum Gasteiger partial charge on any atom is -0.469 e. The molecule has 98 valence electrons. The Morgan fingerprint density at radius 2 is 2.00 bits per heavy atom. The Kier molecular flexibility index (Phi) is 5.92. The third-order valence-electron chi connectivity index (χ3n) is 2.60. The topological polar surface area (TPSA) is 43.4 Å². The second-order valence-corrected chi connectivity index (χ2v) is 5.23. The summed E-state index contributed by atoms with van der Waals surface area (Å²) in [5, 5.41) is 0. The van der Waals surface area contributed by atoms with Crippen molar-refractivity contribution in [3.8, 4) is 0 Å². The predicted octanol–water partition coefficient (Wildman–Crippen LogP) is 2.78. The lowest BCUT2D eigenvalue weighted by Gasteiger charge is -2.06. The summed E-state index contributed by atoms with van der Waals surface area (Å²) in [6.45, 7) is 3.91. The smallest absolute Gasteiger partial charge is 0.306 e. The molecule has 18 heavy (non-hydrogen) atoms. The molecular weight excluding hydrogens is 248 g/mol. The molecule has 1 aromatic carbocycles. The predicted molar refractivity (Wildman–Crippen MR) is 74.2 cm³/mol. The Morgan fingerprint density at radius 1 is 1.28 bits per heavy atom. The lowest BCUT2D eigenvalue weighted by atomic mass is 10.0. The van der Waals surface area contributed by atoms with Gasteiger partial charge in [-0.3, -0.25) is 9.59 Å². The quantitative estimate of drug-likeness (QED) is 0.451. The van der Waals surface area contributed by atoms with Crippen LogP contribution in [0.2, 0.25) is 0 Å². The molecule has 0 unspecified atom stereocenters. The van der Waals surface area contributed by atoms with E-state index >= 15 is 0 Å². The third-order valence-corrected chi connectivity index (χ3v) is 3.56. The third kappa shape index (κ3) is 4.53. The van der Waals surface area contributed by atoms with Crippen LogP contribution in [0.15, 0.2) is 18.2 Å². The molecule has 0 atom stereocenters. The maximum atomic E-state index is 12.0. The summed E-state index contributed by atoms with van der Waals surface area (Å²) in [4.78, 5) is 22.9. The highest BCUT2D eigenvalue weighted by Crippen LogP contribution is 2.14. The van der Waals surface area contributed by atoms with Crippen LogP contribution < -0.4 is 0 Å². The van der Waals surface area contributed by atoms with Crippen molar-refractivity contribution >= 4 is 23.5 Å². The van der Waals surface area contributed by atoms with Crippen LogP contribution in [0, 0.1) is 13.8 Å². The highest BCUT2D eigenvalue weighted by atomic mass is 32.2. The molecular formula is C14H18O3S. The van der Waals surface area contributed by atoms with E-state index in [0.29, 0.717) is 17.9 Å². The van der Waals surface area contributed by atoms with Gasteiger partial charge in [-0.1, -0.05) is 17.7 Å². The van der Waals surface area contributed by atoms with Gasteiger partial charge < -0.3 is 4.74 Å². The number of hydrogen-bond donors (Lipinski definition) is 0. The maximum absolute atomic E-state index is 12.0. The first-order chi connectivity index (χ1) is 8.54. The molecule has 0 bridgehead atoms. The van der Waals surface area contributed by atoms with Gasteiger partial charge in [-0.25, -0.2) is 0 Å². The van der Waals surface area contributed by atoms with Crippen molar-refractivity contribution in [3.05, 3.63) is 34.9 Å². The molecule has 0 aromatic heterocycles. The highest BCUT2D eigenvalue weighted by molar-refractivity contribution is 8.00. The van der Waals surface area contributed by atoms with Gasteiger partial charge in [-0.15, -0.1) is 0 Å². The van der Waals surface area contributed by atoms with Crippen LogP contribution in [0.4, 0.5) is 0 Å². The highest BCUT2D eigenvalue weighted by Gasteiger charge is 2.09. The van der Waals surface area contributed by atoms with Crippen LogP contribution in [-0.4, -0.2) is 30.4 Å². The maximum Gasteiger partial charge on any atom is 0.306 e. The van der Waals surface area contributed by atoms with E-state index in [1.54, 1.807) is 0 Å². The average Bonchev–Trinajstić information content (AvgIpc) is 2.36. The molecule has 0 heterocycles. The number of ketones is 1. The fourth-order valence-corrected chi connectivity index (χ4v) is 2.33. The molecule has 0 radical (unpaired) electrons. The molecule has 0 saturated heterocycles. The molecule has 0 aliphatic carbocycles. The summed E-state index contributed by atoms with van der Waals surface area (Å²) in [6.07, 6.45) is 0.348. The van der Waals surface area contributed by atoms with Crippen LogP contribution >= 0.6 is 11.8 Å². The number of benzene rings is 1. The molecule has 0 aliphatic heterocycles. The number of rotatable bonds is 6. The number of hydrogen-bond acceptors (Lipinski definition) is 4. The van der Waals surface area contributed by atoms with E-state index < -0.39 is 0 Å². The number of esters is 1. The largest absolute Gasteiger partial charge is 0.469 e. The van der Waals surface area contributed by atoms with Crippen molar-refractivity contribution in [3.63, 3.8) is 0 Å². The summed E-state index contributed by atoms with van der Waals surface area (Å²) in [6, 6.07) is 5.87. The van der Waals surface area contributed by atoms with Crippen molar-refractivity contribution in [2.75, 3.05) is 18.6 Å². The Hall–Kier alpha value is -1.29. The van der Waals surface area contributed by atoms with Gasteiger partial charge in [0.2, 0.25) is 0 Å². The fourth-order valence-electron chi connectivity index (χ4n) is 1.54. The van der Waals surface area contributed by atoms with E-state index in [-0.39, 0.29) is 11.8 Å². The molecule has 4 heteroatoms. The zero-order chi connectivity index (χ0) is 13.5. The molecule has 0 N–H and O–H groups in total. The standard InChI is InChI=1S/C14H18O3S/c1-10-4-5-11(2)12(8-10)13(15)9-18-7-6-14(16)17-3/h4-5,8H,6-7,9H2,1-3H3. The summed E-state index contributed by atoms with van der Waals surface area (Å²) in [5.41, 5.74) is 2.86. The zero-order valence-corrected chi connectivity index (χ0v) is 11.8. The van der Waals surface area contributed by atoms with Gasteiger partial charge >= 0.3 is 5.97 Å². The molecule has 1 aromatic rings. The first kappa shape index (κ1) is 14.8. The number of Topliss-reactive ketones (excluding diaryl/α,β-unsaturated/α-hetero) is 1. The zero-order valence-electron chi connectivity index (χ0n) is 11.0. The summed E-state index contributed by atoms with van der Waals surface area (Å²) < 4.78 is 4.54. The molecule has 0 fully saturated rings. The first-order valence-corrected chi connectivity index (χ1v) is 6.95. The van der Waals surface area contributed by atoms with E-state index in [2.05, 4.69) is 4.74 Å². The van der Waals surface area contributed by atoms with E-state index in [4.69, 9.17) is 0 Å². The SMILES string of the molecule is COC(=O)CCSCC(=O)c1cc(C)ccc1C. The van der Waals surface area contributed by atoms with Crippen molar-refractivity contribution in [2.24, 2.45) is 0 Å². The van der Waals surface area contributed by atoms with E-state index in [0.717, 1.165) is 16.7 Å². The number of carbonyl (C=O) groups is 2. The van der Waals surface area contributed by atoms with Crippen molar-refractivity contribution in [1.29, 1.82) is 0 Å². The summed E-state index contributed by atoms with van der Waals surface area (Å²) >= 11 is 1.46. The Balaban J connectivity index is 2.46. The summed E-state index contributed by atoms with van der Waals surface area (Å²) in [7, 11) is 1.37. The molecule has 1 rings (SSSR count). The van der Waals surface area contributed by atoms with Crippen LogP contribution in [-0.2, 0) is 9.53 Å². The number of thioether (sulfide) groups is 1. The average molecular weight is 266 g/mol. The minimum absolute atomic E-state index is 0.117. The Morgan fingerprint density at radius 3 is 2.67 bits per heavy atom. The van der Waals surface area contributed by atoms with Gasteiger partial charge in [0.25, 0.3) is 0 Å². The number of carbonyl (C=O) groups excluding carboxylic acids is 2. The van der Waals surface area contributed by atoms with Gasteiger partial charge in [0.15, 0.2) is 5.78 Å². The van der Waals surface area contributed by atoms with Crippen molar-refractivity contribution in [2.45, 2.75) is 20.3 Å². The van der Waals surface area contributed by atoms with Gasteiger partial charge in [-0.2, -0.15) is 11.8 Å². The van der Waals surface area contributed by atoms with Gasteiger partial charge in [0, 0.05) is 11.3 Å². The molecule has 3 nitrogen and oxygen atoms in total. The van der Waals surface area contributed by atoms with Crippen LogP contribution in [0.5, 0.6) is 0 Å². The first-order valence-electron chi connectivity index (χ1n) is 5.79. The normalized spacial score (nSPS) is 10.2. The van der Waals surface area contributed by atoms with Crippen molar-refractivity contribution < 1.29 is 14.3 Å². The molecule has 0 saturated carbocycles. The molecule has 0 amide bonds. The fraction of sp³-hybridized carbons (Fsp3) is 0.429. The van der Waals surface area contributed by atoms with Gasteiger partial charge in [-0.05, 0) is 25.5 Å². The van der Waals surface area contributed by atoms with Crippen LogP contribution in [0.1, 0.15) is 27.9 Å². The summed E-state index contributed by atoms with van der Waals surface area (Å²) in [5.74, 6) is 0.901. The minimum atomic E-state index is -0.235. The number of ether oxygens (including phenoxy) is 1. The number of methoxy groups -OCH3 is 1. The Labute approximate surface area is 112 Å². The number of aryl methyl sites for hydroxylation is 2. The van der Waals surface area contributed by atoms with Crippen LogP contribution in [0.3, 0.4) is 0 Å². The molecule has 0 aliphatic rings. The van der Waals surface area contributed by atoms with Crippen molar-refractivity contribution in [1.82, 2.24) is 0 Å². The van der Waals surface area contributed by atoms with E-state index in [1.165, 1.54) is 18.9 Å². The molecule has 0 spiro atoms. The monoisotopic (exact) mass is 266 g/mol. The Bertz CT molecular complexity index is 441. The van der Waals surface area contributed by atoms with E-state index in [9.17, 15) is 9.59 Å².